The Bertz CT molecular complexity index is 1230. The van der Waals surface area contributed by atoms with Crippen LogP contribution in [0.2, 0.25) is 0 Å². The number of nitrogens with zero attached hydrogens (tertiary/aromatic N) is 2. The Kier molecular flexibility index (Phi) is 6.76. The second kappa shape index (κ2) is 9.92. The van der Waals surface area contributed by atoms with Crippen molar-refractivity contribution in [2.24, 2.45) is 7.05 Å². The van der Waals surface area contributed by atoms with Crippen LogP contribution in [0.4, 0.5) is 19.3 Å². The standard InChI is InChI=1S/C24H22F2N4O5/c1-30-11-19(21(29-30)23(32)33)27-22(31)18(10-20(25)26)28-24(34)35-12-17-15-8-4-2-6-13(15)14-7-3-5-9-16(14)17/h2-9,11,17-18,20H,10,12H2,1H3,(H,27,31)(H,28,34)(H,32,33). The minimum Gasteiger partial charge on any atom is -0.476 e. The summed E-state index contributed by atoms with van der Waals surface area (Å²) >= 11 is 0. The zero-order valence-electron chi connectivity index (χ0n) is 18.6. The highest BCUT2D eigenvalue weighted by atomic mass is 19.3. The average Bonchev–Trinajstić information content (AvgIpc) is 3.34. The molecule has 0 saturated carbocycles. The third-order valence-corrected chi connectivity index (χ3v) is 5.66. The number of alkyl carbamates (subject to hydrolysis) is 1. The van der Waals surface area contributed by atoms with E-state index in [2.05, 4.69) is 15.7 Å². The Labute approximate surface area is 198 Å². The minimum atomic E-state index is -2.91. The highest BCUT2D eigenvalue weighted by Crippen LogP contribution is 2.44. The summed E-state index contributed by atoms with van der Waals surface area (Å²) in [7, 11) is 1.44. The molecular weight excluding hydrogens is 462 g/mol. The molecule has 1 heterocycles. The van der Waals surface area contributed by atoms with Crippen LogP contribution in [0.3, 0.4) is 0 Å². The molecule has 2 amide bonds. The molecule has 4 rings (SSSR count). The van der Waals surface area contributed by atoms with E-state index in [1.807, 2.05) is 48.5 Å². The van der Waals surface area contributed by atoms with Gasteiger partial charge in [0.05, 0.1) is 5.69 Å². The molecule has 1 aliphatic rings. The Hall–Kier alpha value is -4.28. The first-order chi connectivity index (χ1) is 16.7. The molecule has 182 valence electrons. The number of carboxylic acids is 1. The Morgan fingerprint density at radius 3 is 2.26 bits per heavy atom. The van der Waals surface area contributed by atoms with Crippen LogP contribution in [0.25, 0.3) is 11.1 Å². The van der Waals surface area contributed by atoms with Gasteiger partial charge in [0, 0.05) is 25.6 Å². The van der Waals surface area contributed by atoms with Gasteiger partial charge < -0.3 is 20.5 Å². The third-order valence-electron chi connectivity index (χ3n) is 5.66. The summed E-state index contributed by atoms with van der Waals surface area (Å²) in [6.45, 7) is -0.0609. The van der Waals surface area contributed by atoms with E-state index >= 15 is 0 Å². The van der Waals surface area contributed by atoms with Crippen molar-refractivity contribution in [1.29, 1.82) is 0 Å². The fourth-order valence-electron chi connectivity index (χ4n) is 4.15. The molecule has 0 bridgehead atoms. The molecule has 0 fully saturated rings. The zero-order chi connectivity index (χ0) is 25.1. The molecule has 2 aromatic carbocycles. The lowest BCUT2D eigenvalue weighted by molar-refractivity contribution is -0.119. The fourth-order valence-corrected chi connectivity index (χ4v) is 4.15. The molecule has 1 aromatic heterocycles. The van der Waals surface area contributed by atoms with Crippen molar-refractivity contribution in [3.63, 3.8) is 0 Å². The van der Waals surface area contributed by atoms with Crippen LogP contribution in [0.5, 0.6) is 0 Å². The van der Waals surface area contributed by atoms with Crippen LogP contribution in [0, 0.1) is 0 Å². The molecule has 0 saturated heterocycles. The molecule has 1 atom stereocenters. The van der Waals surface area contributed by atoms with E-state index in [4.69, 9.17) is 4.74 Å². The number of rotatable bonds is 8. The van der Waals surface area contributed by atoms with Gasteiger partial charge in [-0.05, 0) is 22.3 Å². The highest BCUT2D eigenvalue weighted by Gasteiger charge is 2.31. The van der Waals surface area contributed by atoms with Crippen LogP contribution in [0.1, 0.15) is 34.0 Å². The van der Waals surface area contributed by atoms with Crippen LogP contribution < -0.4 is 10.6 Å². The molecule has 35 heavy (non-hydrogen) atoms. The first-order valence-corrected chi connectivity index (χ1v) is 10.7. The lowest BCUT2D eigenvalue weighted by Gasteiger charge is -2.19. The summed E-state index contributed by atoms with van der Waals surface area (Å²) < 4.78 is 32.7. The number of aryl methyl sites for hydroxylation is 1. The number of alkyl halides is 2. The molecule has 0 spiro atoms. The number of ether oxygens (including phenoxy) is 1. The minimum absolute atomic E-state index is 0.0609. The van der Waals surface area contributed by atoms with E-state index in [1.165, 1.54) is 13.2 Å². The van der Waals surface area contributed by atoms with Crippen LogP contribution in [-0.4, -0.2) is 51.9 Å². The smallest absolute Gasteiger partial charge is 0.407 e. The number of carbonyl (C=O) groups is 3. The molecule has 11 heteroatoms. The maximum absolute atomic E-state index is 13.1. The van der Waals surface area contributed by atoms with Crippen LogP contribution >= 0.6 is 0 Å². The number of aromatic carboxylic acids is 1. The van der Waals surface area contributed by atoms with Crippen molar-refractivity contribution in [1.82, 2.24) is 15.1 Å². The van der Waals surface area contributed by atoms with E-state index in [0.717, 1.165) is 26.9 Å². The summed E-state index contributed by atoms with van der Waals surface area (Å²) in [5, 5.41) is 17.3. The predicted octanol–water partition coefficient (Wildman–Crippen LogP) is 3.62. The van der Waals surface area contributed by atoms with Crippen molar-refractivity contribution in [3.8, 4) is 11.1 Å². The van der Waals surface area contributed by atoms with Crippen molar-refractivity contribution in [2.75, 3.05) is 11.9 Å². The zero-order valence-corrected chi connectivity index (χ0v) is 18.6. The normalized spacial score (nSPS) is 13.1. The van der Waals surface area contributed by atoms with Crippen molar-refractivity contribution >= 4 is 23.7 Å². The van der Waals surface area contributed by atoms with E-state index in [1.54, 1.807) is 0 Å². The summed E-state index contributed by atoms with van der Waals surface area (Å²) in [4.78, 5) is 36.4. The van der Waals surface area contributed by atoms with Gasteiger partial charge in [-0.3, -0.25) is 9.48 Å². The number of hydrogen-bond donors (Lipinski definition) is 3. The quantitative estimate of drug-likeness (QED) is 0.449. The van der Waals surface area contributed by atoms with Gasteiger partial charge in [-0.15, -0.1) is 0 Å². The summed E-state index contributed by atoms with van der Waals surface area (Å²) in [6, 6.07) is 13.7. The number of halogens is 2. The molecule has 0 radical (unpaired) electrons. The number of benzene rings is 2. The summed E-state index contributed by atoms with van der Waals surface area (Å²) in [5.74, 6) is -2.67. The molecule has 3 aromatic rings. The number of amides is 2. The Morgan fingerprint density at radius 2 is 1.69 bits per heavy atom. The van der Waals surface area contributed by atoms with Gasteiger partial charge in [0.25, 0.3) is 0 Å². The Balaban J connectivity index is 1.44. The van der Waals surface area contributed by atoms with Gasteiger partial charge in [-0.25, -0.2) is 18.4 Å². The van der Waals surface area contributed by atoms with Crippen molar-refractivity contribution in [2.45, 2.75) is 24.8 Å². The predicted molar refractivity (Wildman–Crippen MR) is 121 cm³/mol. The summed E-state index contributed by atoms with van der Waals surface area (Å²) in [6.07, 6.45) is -3.72. The van der Waals surface area contributed by atoms with Gasteiger partial charge in [0.1, 0.15) is 12.6 Å². The molecule has 9 nitrogen and oxygen atoms in total. The van der Waals surface area contributed by atoms with E-state index < -0.39 is 42.6 Å². The third kappa shape index (κ3) is 5.13. The van der Waals surface area contributed by atoms with Crippen molar-refractivity contribution < 1.29 is 33.0 Å². The van der Waals surface area contributed by atoms with Crippen LogP contribution in [0.15, 0.2) is 54.7 Å². The van der Waals surface area contributed by atoms with Gasteiger partial charge in [-0.1, -0.05) is 48.5 Å². The lowest BCUT2D eigenvalue weighted by Crippen LogP contribution is -2.45. The Morgan fingerprint density at radius 1 is 1.09 bits per heavy atom. The van der Waals surface area contributed by atoms with E-state index in [9.17, 15) is 28.3 Å². The molecule has 0 aliphatic heterocycles. The number of nitrogens with one attached hydrogen (secondary N) is 2. The van der Waals surface area contributed by atoms with Gasteiger partial charge in [0.15, 0.2) is 5.69 Å². The lowest BCUT2D eigenvalue weighted by atomic mass is 9.98. The largest absolute Gasteiger partial charge is 0.476 e. The maximum atomic E-state index is 13.1. The van der Waals surface area contributed by atoms with Crippen molar-refractivity contribution in [3.05, 3.63) is 71.5 Å². The topological polar surface area (TPSA) is 123 Å². The summed E-state index contributed by atoms with van der Waals surface area (Å²) in [5.41, 5.74) is 3.36. The monoisotopic (exact) mass is 484 g/mol. The number of carboxylic acid groups (broad SMARTS) is 1. The van der Waals surface area contributed by atoms with E-state index in [-0.39, 0.29) is 18.2 Å². The number of carbonyl (C=O) groups excluding carboxylic acids is 2. The first kappa shape index (κ1) is 23.9. The second-order valence-electron chi connectivity index (χ2n) is 8.01. The van der Waals surface area contributed by atoms with Gasteiger partial charge >= 0.3 is 12.1 Å². The number of fused-ring (bicyclic) bond motifs is 3. The number of anilines is 1. The van der Waals surface area contributed by atoms with Gasteiger partial charge in [-0.2, -0.15) is 5.10 Å². The van der Waals surface area contributed by atoms with E-state index in [0.29, 0.717) is 0 Å². The first-order valence-electron chi connectivity index (χ1n) is 10.7. The van der Waals surface area contributed by atoms with Crippen LogP contribution in [-0.2, 0) is 16.6 Å². The molecule has 1 aliphatic carbocycles. The molecule has 1 unspecified atom stereocenters. The number of hydrogen-bond acceptors (Lipinski definition) is 5. The molecular formula is C24H22F2N4O5. The average molecular weight is 484 g/mol. The SMILES string of the molecule is Cn1cc(NC(=O)C(CC(F)F)NC(=O)OCC2c3ccccc3-c3ccccc32)c(C(=O)O)n1. The van der Waals surface area contributed by atoms with Gasteiger partial charge in [0.2, 0.25) is 12.3 Å². The number of aromatic nitrogens is 2. The second-order valence-corrected chi connectivity index (χ2v) is 8.01. The maximum Gasteiger partial charge on any atom is 0.407 e. The highest BCUT2D eigenvalue weighted by molar-refractivity contribution is 6.01. The fraction of sp³-hybridized carbons (Fsp3) is 0.250. The molecule has 3 N–H and O–H groups in total.